The largest absolute Gasteiger partial charge is 0.487 e. The van der Waals surface area contributed by atoms with Crippen molar-refractivity contribution < 1.29 is 32.6 Å². The fourth-order valence-corrected chi connectivity index (χ4v) is 8.21. The van der Waals surface area contributed by atoms with Crippen LogP contribution in [0.3, 0.4) is 0 Å². The minimum absolute atomic E-state index is 0.0786. The molecule has 0 aromatic heterocycles. The predicted octanol–water partition coefficient (Wildman–Crippen LogP) is 6.14. The molecule has 0 saturated heterocycles. The Balaban J connectivity index is 1.52. The molecule has 0 radical (unpaired) electrons. The molecular weight excluding hydrogens is 616 g/mol. The Morgan fingerprint density at radius 2 is 1.98 bits per heavy atom. The number of hydrogen-bond donors (Lipinski definition) is 2. The molecule has 4 atom stereocenters. The number of nitrogens with zero attached hydrogens (tertiary/aromatic N) is 1. The lowest BCUT2D eigenvalue weighted by Gasteiger charge is -2.44. The highest BCUT2D eigenvalue weighted by molar-refractivity contribution is 7.90. The Morgan fingerprint density at radius 3 is 2.73 bits per heavy atom. The first-order chi connectivity index (χ1) is 21.6. The predicted molar refractivity (Wildman–Crippen MR) is 174 cm³/mol. The fraction of sp³-hybridized carbons (Fsp3) is 0.529. The van der Waals surface area contributed by atoms with Crippen molar-refractivity contribution in [2.24, 2.45) is 11.8 Å². The van der Waals surface area contributed by atoms with Crippen LogP contribution in [0.15, 0.2) is 48.6 Å². The number of amides is 1. The third-order valence-corrected chi connectivity index (χ3v) is 11.5. The van der Waals surface area contributed by atoms with Crippen LogP contribution in [-0.2, 0) is 32.6 Å². The summed E-state index contributed by atoms with van der Waals surface area (Å²) in [5.41, 5.74) is 3.22. The maximum absolute atomic E-state index is 13.4. The van der Waals surface area contributed by atoms with E-state index in [1.807, 2.05) is 30.4 Å². The summed E-state index contributed by atoms with van der Waals surface area (Å²) in [6.07, 6.45) is 9.44. The minimum atomic E-state index is -3.93. The molecule has 3 aliphatic rings. The molecule has 244 valence electrons. The second-order valence-corrected chi connectivity index (χ2v) is 14.7. The number of sulfonamides is 1. The quantitative estimate of drug-likeness (QED) is 0.368. The SMILES string of the molecule is CC[C@@H]1CC/C=C/[C@H](OCCC(=O)O)[C@@H]2CC[C@H]2CN2CCCCc3cc(Cl)ccc3COc3ccc(cc32)C(=O)NS1(=O)=O. The number of anilines is 1. The molecule has 2 heterocycles. The van der Waals surface area contributed by atoms with E-state index in [1.54, 1.807) is 25.1 Å². The fourth-order valence-electron chi connectivity index (χ4n) is 6.58. The normalized spacial score (nSPS) is 26.1. The molecule has 0 unspecified atom stereocenters. The molecule has 2 bridgehead atoms. The van der Waals surface area contributed by atoms with E-state index in [0.717, 1.165) is 55.5 Å². The summed E-state index contributed by atoms with van der Waals surface area (Å²) in [6, 6.07) is 11.0. The maximum Gasteiger partial charge on any atom is 0.305 e. The molecule has 1 saturated carbocycles. The number of carbonyl (C=O) groups excluding carboxylic acids is 1. The monoisotopic (exact) mass is 658 g/mol. The first kappa shape index (κ1) is 33.3. The van der Waals surface area contributed by atoms with E-state index in [9.17, 15) is 23.1 Å². The molecule has 2 aromatic carbocycles. The van der Waals surface area contributed by atoms with Gasteiger partial charge < -0.3 is 19.5 Å². The van der Waals surface area contributed by atoms with Gasteiger partial charge in [-0.3, -0.25) is 9.59 Å². The van der Waals surface area contributed by atoms with Crippen molar-refractivity contribution in [2.75, 3.05) is 24.6 Å². The molecular formula is C34H43ClN2O7S. The Bertz CT molecular complexity index is 1510. The Morgan fingerprint density at radius 1 is 1.13 bits per heavy atom. The summed E-state index contributed by atoms with van der Waals surface area (Å²) in [5, 5.41) is 9.15. The van der Waals surface area contributed by atoms with E-state index < -0.39 is 27.1 Å². The van der Waals surface area contributed by atoms with Crippen molar-refractivity contribution in [3.05, 3.63) is 70.3 Å². The molecule has 2 aliphatic heterocycles. The van der Waals surface area contributed by atoms with Crippen LogP contribution in [0.1, 0.15) is 79.8 Å². The van der Waals surface area contributed by atoms with Crippen molar-refractivity contribution >= 4 is 39.2 Å². The van der Waals surface area contributed by atoms with Gasteiger partial charge in [0.2, 0.25) is 10.0 Å². The average molecular weight is 659 g/mol. The third-order valence-electron chi connectivity index (χ3n) is 9.33. The van der Waals surface area contributed by atoms with Crippen LogP contribution in [0.25, 0.3) is 0 Å². The number of aliphatic carboxylic acids is 1. The van der Waals surface area contributed by atoms with Crippen LogP contribution in [-0.4, -0.2) is 56.5 Å². The highest BCUT2D eigenvalue weighted by Crippen LogP contribution is 2.42. The summed E-state index contributed by atoms with van der Waals surface area (Å²) >= 11 is 6.32. The smallest absolute Gasteiger partial charge is 0.305 e. The van der Waals surface area contributed by atoms with Gasteiger partial charge in [0.1, 0.15) is 12.4 Å². The summed E-state index contributed by atoms with van der Waals surface area (Å²) in [7, 11) is -3.93. The van der Waals surface area contributed by atoms with Gasteiger partial charge in [0.25, 0.3) is 5.91 Å². The first-order valence-corrected chi connectivity index (χ1v) is 17.9. The van der Waals surface area contributed by atoms with Gasteiger partial charge in [0.15, 0.2) is 0 Å². The Kier molecular flexibility index (Phi) is 11.1. The maximum atomic E-state index is 13.4. The van der Waals surface area contributed by atoms with Gasteiger partial charge in [-0.15, -0.1) is 0 Å². The highest BCUT2D eigenvalue weighted by atomic mass is 35.5. The summed E-state index contributed by atoms with van der Waals surface area (Å²) in [4.78, 5) is 26.9. The molecule has 1 aliphatic carbocycles. The van der Waals surface area contributed by atoms with Crippen molar-refractivity contribution in [1.29, 1.82) is 0 Å². The van der Waals surface area contributed by atoms with E-state index >= 15 is 0 Å². The average Bonchev–Trinajstić information content (AvgIpc) is 3.01. The lowest BCUT2D eigenvalue weighted by Crippen LogP contribution is -2.44. The van der Waals surface area contributed by atoms with E-state index in [1.165, 1.54) is 0 Å². The van der Waals surface area contributed by atoms with E-state index in [4.69, 9.17) is 21.1 Å². The van der Waals surface area contributed by atoms with Crippen LogP contribution in [0.2, 0.25) is 5.02 Å². The van der Waals surface area contributed by atoms with Crippen molar-refractivity contribution in [2.45, 2.75) is 82.7 Å². The van der Waals surface area contributed by atoms with Gasteiger partial charge in [0, 0.05) is 23.7 Å². The summed E-state index contributed by atoms with van der Waals surface area (Å²) in [6.45, 7) is 3.67. The van der Waals surface area contributed by atoms with Crippen molar-refractivity contribution in [3.63, 3.8) is 0 Å². The number of benzene rings is 2. The number of carbonyl (C=O) groups is 2. The molecule has 0 spiro atoms. The van der Waals surface area contributed by atoms with Crippen molar-refractivity contribution in [3.8, 4) is 5.75 Å². The number of allylic oxidation sites excluding steroid dienone is 1. The van der Waals surface area contributed by atoms with E-state index in [0.29, 0.717) is 43.2 Å². The Labute approximate surface area is 271 Å². The number of carboxylic acids is 1. The Hall–Kier alpha value is -3.08. The van der Waals surface area contributed by atoms with Gasteiger partial charge in [-0.25, -0.2) is 13.1 Å². The summed E-state index contributed by atoms with van der Waals surface area (Å²) in [5.74, 6) is -0.464. The number of nitrogens with one attached hydrogen (secondary N) is 1. The zero-order valence-corrected chi connectivity index (χ0v) is 27.3. The molecule has 1 amide bonds. The summed E-state index contributed by atoms with van der Waals surface area (Å²) < 4.78 is 41.4. The minimum Gasteiger partial charge on any atom is -0.487 e. The van der Waals surface area contributed by atoms with E-state index in [2.05, 4.69) is 9.62 Å². The number of aryl methyl sites for hydroxylation is 1. The zero-order valence-electron chi connectivity index (χ0n) is 25.8. The van der Waals surface area contributed by atoms with Gasteiger partial charge in [-0.05, 0) is 105 Å². The number of fused-ring (bicyclic) bond motifs is 3. The standard InChI is InChI=1S/C34H43ClN2O7S/c1-2-28-8-3-4-9-31(43-18-16-33(38)39)29-14-11-25(29)21-37-17-6-5-7-23-19-27(35)13-10-26(23)22-44-32-15-12-24(20-30(32)37)34(40)36-45(28,41)42/h4,9-10,12-13,15,19-20,25,28-29,31H,2-3,5-8,11,14,16-18,21-22H2,1H3,(H,36,40)(H,38,39)/b9-4+/t25-,28+,29+,31-/m0/s1. The topological polar surface area (TPSA) is 122 Å². The second-order valence-electron chi connectivity index (χ2n) is 12.3. The van der Waals surface area contributed by atoms with Gasteiger partial charge in [-0.1, -0.05) is 36.7 Å². The molecule has 1 fully saturated rings. The van der Waals surface area contributed by atoms with Gasteiger partial charge >= 0.3 is 5.97 Å². The van der Waals surface area contributed by atoms with Gasteiger partial charge in [0.05, 0.1) is 30.1 Å². The highest BCUT2D eigenvalue weighted by Gasteiger charge is 2.38. The van der Waals surface area contributed by atoms with Crippen LogP contribution >= 0.6 is 11.6 Å². The van der Waals surface area contributed by atoms with Crippen molar-refractivity contribution in [1.82, 2.24) is 4.72 Å². The molecule has 9 nitrogen and oxygen atoms in total. The number of ether oxygens (including phenoxy) is 2. The second kappa shape index (κ2) is 15.0. The first-order valence-electron chi connectivity index (χ1n) is 16.0. The lowest BCUT2D eigenvalue weighted by atomic mass is 9.70. The van der Waals surface area contributed by atoms with E-state index in [-0.39, 0.29) is 36.5 Å². The van der Waals surface area contributed by atoms with Crippen LogP contribution in [0.4, 0.5) is 5.69 Å². The van der Waals surface area contributed by atoms with Crippen LogP contribution < -0.4 is 14.4 Å². The van der Waals surface area contributed by atoms with Crippen LogP contribution in [0.5, 0.6) is 5.75 Å². The number of hydrogen-bond acceptors (Lipinski definition) is 7. The van der Waals surface area contributed by atoms with Crippen LogP contribution in [0, 0.1) is 11.8 Å². The number of rotatable bonds is 5. The number of carboxylic acid groups (broad SMARTS) is 1. The molecule has 5 rings (SSSR count). The third kappa shape index (κ3) is 8.40. The number of halogens is 1. The molecule has 2 aromatic rings. The zero-order chi connectivity index (χ0) is 32.0. The molecule has 2 N–H and O–H groups in total. The van der Waals surface area contributed by atoms with Gasteiger partial charge in [-0.2, -0.15) is 0 Å². The lowest BCUT2D eigenvalue weighted by molar-refractivity contribution is -0.139. The molecule has 11 heteroatoms. The molecule has 45 heavy (non-hydrogen) atoms.